The highest BCUT2D eigenvalue weighted by molar-refractivity contribution is 7.99. The lowest BCUT2D eigenvalue weighted by Gasteiger charge is -2.21. The van der Waals surface area contributed by atoms with Gasteiger partial charge in [0.25, 0.3) is 5.91 Å². The fraction of sp³-hybridized carbons (Fsp3) is 0.444. The van der Waals surface area contributed by atoms with Crippen molar-refractivity contribution in [2.45, 2.75) is 25.0 Å². The highest BCUT2D eigenvalue weighted by Gasteiger charge is 2.22. The third kappa shape index (κ3) is 4.57. The van der Waals surface area contributed by atoms with Crippen molar-refractivity contribution in [2.75, 3.05) is 25.5 Å². The van der Waals surface area contributed by atoms with Crippen LogP contribution in [0, 0.1) is 6.92 Å². The molecule has 0 radical (unpaired) electrons. The van der Waals surface area contributed by atoms with Crippen molar-refractivity contribution in [3.05, 3.63) is 40.6 Å². The lowest BCUT2D eigenvalue weighted by Crippen LogP contribution is -2.27. The van der Waals surface area contributed by atoms with E-state index in [0.717, 1.165) is 31.8 Å². The molecule has 0 spiro atoms. The Labute approximate surface area is 156 Å². The molecule has 0 aliphatic carbocycles. The van der Waals surface area contributed by atoms with Crippen LogP contribution in [0.25, 0.3) is 11.3 Å². The van der Waals surface area contributed by atoms with Crippen LogP contribution in [0.5, 0.6) is 0 Å². The summed E-state index contributed by atoms with van der Waals surface area (Å²) in [5, 5.41) is 8.16. The van der Waals surface area contributed by atoms with Gasteiger partial charge in [-0.3, -0.25) is 4.79 Å². The zero-order valence-electron chi connectivity index (χ0n) is 14.1. The Hall–Kier alpha value is -1.50. The fourth-order valence-electron chi connectivity index (χ4n) is 2.80. The summed E-state index contributed by atoms with van der Waals surface area (Å²) in [4.78, 5) is 12.6. The summed E-state index contributed by atoms with van der Waals surface area (Å²) in [6.45, 7) is 4.02. The highest BCUT2D eigenvalue weighted by Crippen LogP contribution is 2.31. The number of aryl methyl sites for hydroxylation is 1. The number of amides is 1. The van der Waals surface area contributed by atoms with Crippen LogP contribution in [0.15, 0.2) is 28.8 Å². The SMILES string of the molecule is Cc1onc(-c2ccccc2Cl)c1C(=O)NCCSC1CCOCC1. The molecule has 0 saturated carbocycles. The van der Waals surface area contributed by atoms with Gasteiger partial charge in [-0.2, -0.15) is 11.8 Å². The van der Waals surface area contributed by atoms with Gasteiger partial charge in [-0.05, 0) is 25.8 Å². The van der Waals surface area contributed by atoms with Crippen LogP contribution in [-0.4, -0.2) is 41.8 Å². The number of hydrogen-bond donors (Lipinski definition) is 1. The molecule has 5 nitrogen and oxygen atoms in total. The van der Waals surface area contributed by atoms with E-state index in [1.165, 1.54) is 0 Å². The first-order chi connectivity index (χ1) is 12.2. The minimum Gasteiger partial charge on any atom is -0.381 e. The normalized spacial score (nSPS) is 15.3. The lowest BCUT2D eigenvalue weighted by molar-refractivity contribution is 0.0954. The molecule has 7 heteroatoms. The number of aromatic nitrogens is 1. The predicted molar refractivity (Wildman–Crippen MR) is 100 cm³/mol. The molecule has 2 heterocycles. The zero-order chi connectivity index (χ0) is 17.6. The van der Waals surface area contributed by atoms with Gasteiger partial charge in [-0.1, -0.05) is 35.0 Å². The lowest BCUT2D eigenvalue weighted by atomic mass is 10.1. The van der Waals surface area contributed by atoms with E-state index < -0.39 is 0 Å². The maximum Gasteiger partial charge on any atom is 0.257 e. The van der Waals surface area contributed by atoms with Crippen LogP contribution < -0.4 is 5.32 Å². The molecule has 1 amide bonds. The number of hydrogen-bond acceptors (Lipinski definition) is 5. The van der Waals surface area contributed by atoms with Crippen LogP contribution in [0.4, 0.5) is 0 Å². The van der Waals surface area contributed by atoms with Gasteiger partial charge in [-0.25, -0.2) is 0 Å². The van der Waals surface area contributed by atoms with Crippen molar-refractivity contribution < 1.29 is 14.1 Å². The predicted octanol–water partition coefficient (Wildman–Crippen LogP) is 3.95. The fourth-order valence-corrected chi connectivity index (χ4v) is 4.10. The Bertz CT molecular complexity index is 729. The molecule has 2 aromatic rings. The van der Waals surface area contributed by atoms with E-state index in [1.54, 1.807) is 13.0 Å². The van der Waals surface area contributed by atoms with Gasteiger partial charge in [-0.15, -0.1) is 0 Å². The number of ether oxygens (including phenoxy) is 1. The van der Waals surface area contributed by atoms with Crippen LogP contribution in [0.1, 0.15) is 29.0 Å². The summed E-state index contributed by atoms with van der Waals surface area (Å²) in [6, 6.07) is 7.30. The molecule has 0 bridgehead atoms. The number of nitrogens with zero attached hydrogens (tertiary/aromatic N) is 1. The van der Waals surface area contributed by atoms with Gasteiger partial charge in [0, 0.05) is 36.3 Å². The van der Waals surface area contributed by atoms with Crippen molar-refractivity contribution in [3.8, 4) is 11.3 Å². The Morgan fingerprint density at radius 3 is 2.88 bits per heavy atom. The average Bonchev–Trinajstić information content (AvgIpc) is 3.01. The van der Waals surface area contributed by atoms with Gasteiger partial charge in [0.2, 0.25) is 0 Å². The first-order valence-corrected chi connectivity index (χ1v) is 9.78. The minimum atomic E-state index is -0.179. The molecule has 1 aromatic carbocycles. The molecular formula is C18H21ClN2O3S. The van der Waals surface area contributed by atoms with Crippen molar-refractivity contribution in [2.24, 2.45) is 0 Å². The molecule has 0 unspecified atom stereocenters. The second-order valence-electron chi connectivity index (χ2n) is 5.88. The number of benzene rings is 1. The number of rotatable bonds is 6. The smallest absolute Gasteiger partial charge is 0.257 e. The molecule has 25 heavy (non-hydrogen) atoms. The number of thioether (sulfide) groups is 1. The Morgan fingerprint density at radius 1 is 1.36 bits per heavy atom. The first-order valence-electron chi connectivity index (χ1n) is 8.35. The van der Waals surface area contributed by atoms with Crippen molar-refractivity contribution in [3.63, 3.8) is 0 Å². The molecule has 1 aromatic heterocycles. The molecule has 1 aliphatic rings. The molecule has 134 valence electrons. The summed E-state index contributed by atoms with van der Waals surface area (Å²) in [5.41, 5.74) is 1.63. The van der Waals surface area contributed by atoms with E-state index in [4.69, 9.17) is 20.9 Å². The van der Waals surface area contributed by atoms with Crippen LogP contribution in [0.3, 0.4) is 0 Å². The standard InChI is InChI=1S/C18H21ClN2O3S/c1-12-16(17(21-24-12)14-4-2-3-5-15(14)19)18(22)20-8-11-25-13-6-9-23-10-7-13/h2-5,13H,6-11H2,1H3,(H,20,22). The van der Waals surface area contributed by atoms with Crippen molar-refractivity contribution >= 4 is 29.3 Å². The van der Waals surface area contributed by atoms with E-state index in [1.807, 2.05) is 30.0 Å². The summed E-state index contributed by atoms with van der Waals surface area (Å²) >= 11 is 8.12. The number of carbonyl (C=O) groups is 1. The van der Waals surface area contributed by atoms with E-state index in [-0.39, 0.29) is 5.91 Å². The van der Waals surface area contributed by atoms with E-state index in [0.29, 0.717) is 39.4 Å². The zero-order valence-corrected chi connectivity index (χ0v) is 15.7. The van der Waals surface area contributed by atoms with Crippen LogP contribution in [0.2, 0.25) is 5.02 Å². The largest absolute Gasteiger partial charge is 0.381 e. The van der Waals surface area contributed by atoms with Crippen LogP contribution in [-0.2, 0) is 4.74 Å². The Morgan fingerprint density at radius 2 is 2.12 bits per heavy atom. The van der Waals surface area contributed by atoms with E-state index in [2.05, 4.69) is 10.5 Å². The third-order valence-corrected chi connectivity index (χ3v) is 5.84. The summed E-state index contributed by atoms with van der Waals surface area (Å²) in [7, 11) is 0. The molecular weight excluding hydrogens is 360 g/mol. The van der Waals surface area contributed by atoms with Gasteiger partial charge >= 0.3 is 0 Å². The van der Waals surface area contributed by atoms with E-state index >= 15 is 0 Å². The molecule has 1 N–H and O–H groups in total. The molecule has 1 fully saturated rings. The maximum atomic E-state index is 12.6. The molecule has 1 aliphatic heterocycles. The second kappa shape index (κ2) is 8.74. The Kier molecular flexibility index (Phi) is 6.39. The summed E-state index contributed by atoms with van der Waals surface area (Å²) in [5.74, 6) is 1.19. The summed E-state index contributed by atoms with van der Waals surface area (Å²) < 4.78 is 10.6. The van der Waals surface area contributed by atoms with Crippen molar-refractivity contribution in [1.82, 2.24) is 10.5 Å². The van der Waals surface area contributed by atoms with Gasteiger partial charge in [0.05, 0.1) is 5.02 Å². The third-order valence-electron chi connectivity index (χ3n) is 4.13. The van der Waals surface area contributed by atoms with Crippen LogP contribution >= 0.6 is 23.4 Å². The van der Waals surface area contributed by atoms with Crippen molar-refractivity contribution in [1.29, 1.82) is 0 Å². The molecule has 1 saturated heterocycles. The minimum absolute atomic E-state index is 0.179. The highest BCUT2D eigenvalue weighted by atomic mass is 35.5. The van der Waals surface area contributed by atoms with Gasteiger partial charge in [0.15, 0.2) is 0 Å². The van der Waals surface area contributed by atoms with E-state index in [9.17, 15) is 4.79 Å². The number of nitrogens with one attached hydrogen (secondary N) is 1. The topological polar surface area (TPSA) is 64.4 Å². The van der Waals surface area contributed by atoms with Gasteiger partial charge in [0.1, 0.15) is 17.0 Å². The first kappa shape index (κ1) is 18.3. The molecule has 3 rings (SSSR count). The molecule has 0 atom stereocenters. The van der Waals surface area contributed by atoms with Gasteiger partial charge < -0.3 is 14.6 Å². The average molecular weight is 381 g/mol. The Balaban J connectivity index is 1.60. The second-order valence-corrected chi connectivity index (χ2v) is 7.70. The number of carbonyl (C=O) groups excluding carboxylic acids is 1. The quantitative estimate of drug-likeness (QED) is 0.769. The maximum absolute atomic E-state index is 12.6. The summed E-state index contributed by atoms with van der Waals surface area (Å²) in [6.07, 6.45) is 2.17. The monoisotopic (exact) mass is 380 g/mol. The number of halogens is 1.